The number of aromatic amines is 1. The molecule has 1 fully saturated rings. The number of hydrogen-bond donors (Lipinski definition) is 3. The third-order valence-electron chi connectivity index (χ3n) is 4.16. The third-order valence-corrected chi connectivity index (χ3v) is 4.16. The maximum absolute atomic E-state index is 12.3. The molecule has 3 N–H and O–H groups in total. The van der Waals surface area contributed by atoms with E-state index in [9.17, 15) is 22.8 Å². The number of amides is 2. The standard InChI is InChI=1S/C17H17F3N4O3/c18-17(19,20)27-12-7-5-10(6-8-12)15(25)23-13-9-21-24-14(13)16(26)22-11-3-1-2-4-11/h5-9,11H,1-4H2,(H,21,24)(H,22,26)(H,23,25). The summed E-state index contributed by atoms with van der Waals surface area (Å²) in [5, 5.41) is 11.7. The highest BCUT2D eigenvalue weighted by Crippen LogP contribution is 2.23. The number of nitrogens with one attached hydrogen (secondary N) is 3. The largest absolute Gasteiger partial charge is 0.573 e. The quantitative estimate of drug-likeness (QED) is 0.740. The van der Waals surface area contributed by atoms with Gasteiger partial charge in [0.05, 0.1) is 11.9 Å². The summed E-state index contributed by atoms with van der Waals surface area (Å²) in [4.78, 5) is 24.6. The summed E-state index contributed by atoms with van der Waals surface area (Å²) in [6.07, 6.45) is 0.434. The lowest BCUT2D eigenvalue weighted by molar-refractivity contribution is -0.274. The number of rotatable bonds is 5. The minimum absolute atomic E-state index is 0.102. The lowest BCUT2D eigenvalue weighted by atomic mass is 10.2. The Bertz CT molecular complexity index is 812. The second kappa shape index (κ2) is 7.68. The van der Waals surface area contributed by atoms with Gasteiger partial charge in [-0.3, -0.25) is 14.7 Å². The van der Waals surface area contributed by atoms with Crippen LogP contribution in [0, 0.1) is 0 Å². The average Bonchev–Trinajstić information content (AvgIpc) is 3.25. The Morgan fingerprint density at radius 1 is 1.11 bits per heavy atom. The fourth-order valence-electron chi connectivity index (χ4n) is 2.88. The van der Waals surface area contributed by atoms with Crippen LogP contribution in [0.2, 0.25) is 0 Å². The number of aromatic nitrogens is 2. The Hall–Kier alpha value is -3.04. The zero-order chi connectivity index (χ0) is 19.4. The molecule has 10 heteroatoms. The molecular weight excluding hydrogens is 365 g/mol. The molecule has 1 aromatic heterocycles. The number of alkyl halides is 3. The second-order valence-electron chi connectivity index (χ2n) is 6.14. The molecule has 1 aliphatic carbocycles. The van der Waals surface area contributed by atoms with E-state index in [1.807, 2.05) is 0 Å². The molecule has 144 valence electrons. The van der Waals surface area contributed by atoms with E-state index in [0.29, 0.717) is 0 Å². The fraction of sp³-hybridized carbons (Fsp3) is 0.353. The first-order valence-electron chi connectivity index (χ1n) is 8.33. The zero-order valence-electron chi connectivity index (χ0n) is 14.1. The summed E-state index contributed by atoms with van der Waals surface area (Å²) < 4.78 is 40.3. The van der Waals surface area contributed by atoms with E-state index in [0.717, 1.165) is 37.8 Å². The molecule has 2 amide bonds. The summed E-state index contributed by atoms with van der Waals surface area (Å²) in [7, 11) is 0. The second-order valence-corrected chi connectivity index (χ2v) is 6.14. The molecule has 2 aromatic rings. The van der Waals surface area contributed by atoms with Crippen molar-refractivity contribution in [1.29, 1.82) is 0 Å². The molecular formula is C17H17F3N4O3. The summed E-state index contributed by atoms with van der Waals surface area (Å²) in [6, 6.07) is 4.55. The Labute approximate surface area is 152 Å². The number of carbonyl (C=O) groups is 2. The molecule has 1 heterocycles. The van der Waals surface area contributed by atoms with E-state index in [-0.39, 0.29) is 28.9 Å². The highest BCUT2D eigenvalue weighted by molar-refractivity contribution is 6.08. The molecule has 27 heavy (non-hydrogen) atoms. The molecule has 1 aromatic carbocycles. The number of hydrogen-bond acceptors (Lipinski definition) is 4. The summed E-state index contributed by atoms with van der Waals surface area (Å²) >= 11 is 0. The van der Waals surface area contributed by atoms with Gasteiger partial charge in [0.2, 0.25) is 0 Å². The average molecular weight is 382 g/mol. The maximum atomic E-state index is 12.3. The number of carbonyl (C=O) groups excluding carboxylic acids is 2. The minimum atomic E-state index is -4.80. The Kier molecular flexibility index (Phi) is 5.33. The molecule has 0 atom stereocenters. The van der Waals surface area contributed by atoms with Gasteiger partial charge in [-0.15, -0.1) is 13.2 Å². The Morgan fingerprint density at radius 3 is 2.41 bits per heavy atom. The smallest absolute Gasteiger partial charge is 0.406 e. The van der Waals surface area contributed by atoms with Crippen molar-refractivity contribution in [3.8, 4) is 5.75 Å². The van der Waals surface area contributed by atoms with E-state index in [4.69, 9.17) is 0 Å². The van der Waals surface area contributed by atoms with E-state index in [1.165, 1.54) is 18.3 Å². The number of anilines is 1. The number of halogens is 3. The summed E-state index contributed by atoms with van der Waals surface area (Å²) in [6.45, 7) is 0. The van der Waals surface area contributed by atoms with Gasteiger partial charge in [-0.25, -0.2) is 0 Å². The molecule has 0 aliphatic heterocycles. The topological polar surface area (TPSA) is 96.1 Å². The van der Waals surface area contributed by atoms with Crippen molar-refractivity contribution in [2.75, 3.05) is 5.32 Å². The van der Waals surface area contributed by atoms with Crippen molar-refractivity contribution in [3.05, 3.63) is 41.7 Å². The van der Waals surface area contributed by atoms with Crippen LogP contribution in [0.15, 0.2) is 30.5 Å². The van der Waals surface area contributed by atoms with Crippen LogP contribution in [-0.2, 0) is 0 Å². The van der Waals surface area contributed by atoms with Gasteiger partial charge in [0.25, 0.3) is 11.8 Å². The highest BCUT2D eigenvalue weighted by atomic mass is 19.4. The minimum Gasteiger partial charge on any atom is -0.406 e. The Balaban J connectivity index is 1.64. The van der Waals surface area contributed by atoms with Crippen molar-refractivity contribution >= 4 is 17.5 Å². The molecule has 0 bridgehead atoms. The maximum Gasteiger partial charge on any atom is 0.573 e. The lowest BCUT2D eigenvalue weighted by Gasteiger charge is -2.12. The van der Waals surface area contributed by atoms with Crippen LogP contribution in [0.25, 0.3) is 0 Å². The van der Waals surface area contributed by atoms with Crippen LogP contribution >= 0.6 is 0 Å². The monoisotopic (exact) mass is 382 g/mol. The fourth-order valence-corrected chi connectivity index (χ4v) is 2.88. The van der Waals surface area contributed by atoms with Crippen LogP contribution in [0.4, 0.5) is 18.9 Å². The van der Waals surface area contributed by atoms with Gasteiger partial charge in [-0.1, -0.05) is 12.8 Å². The van der Waals surface area contributed by atoms with Crippen LogP contribution in [0.5, 0.6) is 5.75 Å². The molecule has 0 spiro atoms. The van der Waals surface area contributed by atoms with Crippen molar-refractivity contribution in [2.24, 2.45) is 0 Å². The summed E-state index contributed by atoms with van der Waals surface area (Å²) in [5.74, 6) is -1.40. The van der Waals surface area contributed by atoms with Gasteiger partial charge in [0, 0.05) is 11.6 Å². The predicted octanol–water partition coefficient (Wildman–Crippen LogP) is 3.23. The Morgan fingerprint density at radius 2 is 1.78 bits per heavy atom. The van der Waals surface area contributed by atoms with Gasteiger partial charge in [-0.2, -0.15) is 5.10 Å². The van der Waals surface area contributed by atoms with E-state index in [2.05, 4.69) is 25.6 Å². The van der Waals surface area contributed by atoms with Gasteiger partial charge in [-0.05, 0) is 37.1 Å². The lowest BCUT2D eigenvalue weighted by Crippen LogP contribution is -2.33. The normalized spacial score (nSPS) is 14.8. The van der Waals surface area contributed by atoms with Crippen LogP contribution in [-0.4, -0.2) is 34.4 Å². The first-order chi connectivity index (χ1) is 12.8. The summed E-state index contributed by atoms with van der Waals surface area (Å²) in [5.41, 5.74) is 0.409. The molecule has 7 nitrogen and oxygen atoms in total. The van der Waals surface area contributed by atoms with E-state index in [1.54, 1.807) is 0 Å². The van der Waals surface area contributed by atoms with E-state index < -0.39 is 18.0 Å². The highest BCUT2D eigenvalue weighted by Gasteiger charge is 2.31. The van der Waals surface area contributed by atoms with Crippen molar-refractivity contribution < 1.29 is 27.5 Å². The third kappa shape index (κ3) is 4.99. The van der Waals surface area contributed by atoms with Crippen LogP contribution in [0.1, 0.15) is 46.5 Å². The van der Waals surface area contributed by atoms with Gasteiger partial charge in [0.15, 0.2) is 0 Å². The number of ether oxygens (including phenoxy) is 1. The predicted molar refractivity (Wildman–Crippen MR) is 89.4 cm³/mol. The van der Waals surface area contributed by atoms with Crippen LogP contribution in [0.3, 0.4) is 0 Å². The van der Waals surface area contributed by atoms with Crippen molar-refractivity contribution in [2.45, 2.75) is 38.1 Å². The number of nitrogens with zero attached hydrogens (tertiary/aromatic N) is 1. The molecule has 0 saturated heterocycles. The number of benzene rings is 1. The van der Waals surface area contributed by atoms with Gasteiger partial charge >= 0.3 is 6.36 Å². The molecule has 3 rings (SSSR count). The first-order valence-corrected chi connectivity index (χ1v) is 8.33. The molecule has 1 aliphatic rings. The van der Waals surface area contributed by atoms with Crippen molar-refractivity contribution in [1.82, 2.24) is 15.5 Å². The molecule has 0 unspecified atom stereocenters. The SMILES string of the molecule is O=C(Nc1cn[nH]c1C(=O)NC1CCCC1)c1ccc(OC(F)(F)F)cc1. The molecule has 0 radical (unpaired) electrons. The van der Waals surface area contributed by atoms with E-state index >= 15 is 0 Å². The first kappa shape index (κ1) is 18.7. The molecule has 1 saturated carbocycles. The van der Waals surface area contributed by atoms with Crippen LogP contribution < -0.4 is 15.4 Å². The van der Waals surface area contributed by atoms with Gasteiger partial charge in [0.1, 0.15) is 11.4 Å². The zero-order valence-corrected chi connectivity index (χ0v) is 14.1. The van der Waals surface area contributed by atoms with Crippen molar-refractivity contribution in [3.63, 3.8) is 0 Å². The van der Waals surface area contributed by atoms with Gasteiger partial charge < -0.3 is 15.4 Å². The number of H-pyrrole nitrogens is 1.